The molecule has 0 aliphatic heterocycles. The molecule has 3 heteroatoms. The van der Waals surface area contributed by atoms with Crippen LogP contribution in [0.4, 0.5) is 0 Å². The molecule has 84 valence electrons. The summed E-state index contributed by atoms with van der Waals surface area (Å²) in [6.07, 6.45) is 1.91. The number of hydrogen-bond donors (Lipinski definition) is 1. The molecule has 0 amide bonds. The van der Waals surface area contributed by atoms with E-state index in [0.717, 1.165) is 13.1 Å². The maximum atomic E-state index is 4.05. The van der Waals surface area contributed by atoms with Gasteiger partial charge < -0.3 is 5.32 Å². The minimum atomic E-state index is 0.900. The Kier molecular flexibility index (Phi) is 3.70. The molecular formula is C13H16N2S. The zero-order valence-corrected chi connectivity index (χ0v) is 10.5. The summed E-state index contributed by atoms with van der Waals surface area (Å²) in [6.45, 7) is 6.11. The first kappa shape index (κ1) is 11.3. The number of nitrogens with zero attached hydrogens (tertiary/aromatic N) is 1. The highest BCUT2D eigenvalue weighted by Crippen LogP contribution is 2.10. The molecular weight excluding hydrogens is 216 g/mol. The highest BCUT2D eigenvalue weighted by atomic mass is 32.1. The monoisotopic (exact) mass is 232 g/mol. The summed E-state index contributed by atoms with van der Waals surface area (Å²) in [5.74, 6) is 0. The number of nitrogens with one attached hydrogen (secondary N) is 1. The SMILES string of the molecule is Cc1ccc(CNCc2cncs2)cc1C. The normalized spacial score (nSPS) is 10.6. The second kappa shape index (κ2) is 5.23. The van der Waals surface area contributed by atoms with Crippen LogP contribution in [0, 0.1) is 13.8 Å². The Morgan fingerprint density at radius 1 is 1.19 bits per heavy atom. The molecule has 1 N–H and O–H groups in total. The molecule has 2 nitrogen and oxygen atoms in total. The van der Waals surface area contributed by atoms with Crippen molar-refractivity contribution < 1.29 is 0 Å². The van der Waals surface area contributed by atoms with Crippen LogP contribution in [0.2, 0.25) is 0 Å². The van der Waals surface area contributed by atoms with E-state index >= 15 is 0 Å². The van der Waals surface area contributed by atoms with E-state index in [4.69, 9.17) is 0 Å². The van der Waals surface area contributed by atoms with Crippen molar-refractivity contribution in [1.82, 2.24) is 10.3 Å². The second-order valence-corrected chi connectivity index (χ2v) is 4.96. The van der Waals surface area contributed by atoms with E-state index in [1.54, 1.807) is 11.3 Å². The zero-order chi connectivity index (χ0) is 11.4. The van der Waals surface area contributed by atoms with E-state index < -0.39 is 0 Å². The lowest BCUT2D eigenvalue weighted by atomic mass is 10.1. The fourth-order valence-corrected chi connectivity index (χ4v) is 2.14. The van der Waals surface area contributed by atoms with Crippen LogP contribution in [0.3, 0.4) is 0 Å². The number of aromatic nitrogens is 1. The van der Waals surface area contributed by atoms with Gasteiger partial charge in [-0.1, -0.05) is 18.2 Å². The Labute approximate surface area is 100 Å². The van der Waals surface area contributed by atoms with Gasteiger partial charge in [-0.25, -0.2) is 0 Å². The summed E-state index contributed by atoms with van der Waals surface area (Å²) in [4.78, 5) is 5.33. The predicted octanol–water partition coefficient (Wildman–Crippen LogP) is 3.05. The Morgan fingerprint density at radius 3 is 2.75 bits per heavy atom. The highest BCUT2D eigenvalue weighted by molar-refractivity contribution is 7.09. The minimum Gasteiger partial charge on any atom is -0.308 e. The van der Waals surface area contributed by atoms with Crippen LogP contribution in [-0.2, 0) is 13.1 Å². The van der Waals surface area contributed by atoms with E-state index in [1.807, 2.05) is 11.7 Å². The van der Waals surface area contributed by atoms with Crippen molar-refractivity contribution in [2.24, 2.45) is 0 Å². The number of rotatable bonds is 4. The lowest BCUT2D eigenvalue weighted by Crippen LogP contribution is -2.11. The van der Waals surface area contributed by atoms with E-state index in [0.29, 0.717) is 0 Å². The molecule has 2 aromatic rings. The van der Waals surface area contributed by atoms with Crippen LogP contribution >= 0.6 is 11.3 Å². The van der Waals surface area contributed by atoms with Crippen molar-refractivity contribution in [3.05, 3.63) is 51.5 Å². The van der Waals surface area contributed by atoms with Crippen molar-refractivity contribution in [1.29, 1.82) is 0 Å². The standard InChI is InChI=1S/C13H16N2S/c1-10-3-4-12(5-11(10)2)6-14-7-13-8-15-9-16-13/h3-5,8-9,14H,6-7H2,1-2H3. The maximum Gasteiger partial charge on any atom is 0.0794 e. The summed E-state index contributed by atoms with van der Waals surface area (Å²) in [7, 11) is 0. The fraction of sp³-hybridized carbons (Fsp3) is 0.308. The molecule has 0 bridgehead atoms. The van der Waals surface area contributed by atoms with Gasteiger partial charge in [-0.3, -0.25) is 4.98 Å². The van der Waals surface area contributed by atoms with Crippen LogP contribution in [-0.4, -0.2) is 4.98 Å². The highest BCUT2D eigenvalue weighted by Gasteiger charge is 1.97. The van der Waals surface area contributed by atoms with Gasteiger partial charge in [-0.05, 0) is 30.5 Å². The molecule has 0 saturated carbocycles. The Bertz CT molecular complexity index is 449. The largest absolute Gasteiger partial charge is 0.308 e. The lowest BCUT2D eigenvalue weighted by Gasteiger charge is -2.06. The van der Waals surface area contributed by atoms with E-state index in [-0.39, 0.29) is 0 Å². The van der Waals surface area contributed by atoms with Gasteiger partial charge in [0, 0.05) is 24.2 Å². The summed E-state index contributed by atoms with van der Waals surface area (Å²) < 4.78 is 0. The average Bonchev–Trinajstić information content (AvgIpc) is 2.76. The topological polar surface area (TPSA) is 24.9 Å². The summed E-state index contributed by atoms with van der Waals surface area (Å²) in [6, 6.07) is 6.61. The van der Waals surface area contributed by atoms with Gasteiger partial charge >= 0.3 is 0 Å². The number of hydrogen-bond acceptors (Lipinski definition) is 3. The van der Waals surface area contributed by atoms with Gasteiger partial charge in [0.1, 0.15) is 0 Å². The molecule has 1 aromatic heterocycles. The van der Waals surface area contributed by atoms with Crippen molar-refractivity contribution >= 4 is 11.3 Å². The fourth-order valence-electron chi connectivity index (χ4n) is 1.57. The minimum absolute atomic E-state index is 0.900. The van der Waals surface area contributed by atoms with Crippen molar-refractivity contribution in [3.8, 4) is 0 Å². The van der Waals surface area contributed by atoms with Crippen LogP contribution in [0.25, 0.3) is 0 Å². The molecule has 1 aromatic carbocycles. The first-order chi connectivity index (χ1) is 7.75. The van der Waals surface area contributed by atoms with Crippen LogP contribution in [0.15, 0.2) is 29.9 Å². The number of benzene rings is 1. The smallest absolute Gasteiger partial charge is 0.0794 e. The van der Waals surface area contributed by atoms with E-state index in [1.165, 1.54) is 21.6 Å². The number of aryl methyl sites for hydroxylation is 2. The van der Waals surface area contributed by atoms with E-state index in [9.17, 15) is 0 Å². The van der Waals surface area contributed by atoms with Crippen LogP contribution < -0.4 is 5.32 Å². The maximum absolute atomic E-state index is 4.05. The van der Waals surface area contributed by atoms with Gasteiger partial charge in [-0.2, -0.15) is 0 Å². The Hall–Kier alpha value is -1.19. The van der Waals surface area contributed by atoms with Crippen LogP contribution in [0.5, 0.6) is 0 Å². The van der Waals surface area contributed by atoms with Gasteiger partial charge in [0.15, 0.2) is 0 Å². The predicted molar refractivity (Wildman–Crippen MR) is 68.6 cm³/mol. The molecule has 0 atom stereocenters. The van der Waals surface area contributed by atoms with Gasteiger partial charge in [0.2, 0.25) is 0 Å². The van der Waals surface area contributed by atoms with Gasteiger partial charge in [0.05, 0.1) is 5.51 Å². The molecule has 0 radical (unpaired) electrons. The first-order valence-electron chi connectivity index (χ1n) is 5.40. The average molecular weight is 232 g/mol. The molecule has 0 spiro atoms. The molecule has 16 heavy (non-hydrogen) atoms. The Balaban J connectivity index is 1.87. The van der Waals surface area contributed by atoms with E-state index in [2.05, 4.69) is 42.3 Å². The summed E-state index contributed by atoms with van der Waals surface area (Å²) >= 11 is 1.69. The third-order valence-corrected chi connectivity index (χ3v) is 3.46. The van der Waals surface area contributed by atoms with Crippen molar-refractivity contribution in [2.45, 2.75) is 26.9 Å². The molecule has 0 fully saturated rings. The number of thiazole rings is 1. The molecule has 0 unspecified atom stereocenters. The lowest BCUT2D eigenvalue weighted by molar-refractivity contribution is 0.699. The molecule has 2 rings (SSSR count). The molecule has 0 saturated heterocycles. The van der Waals surface area contributed by atoms with Crippen LogP contribution in [0.1, 0.15) is 21.6 Å². The third-order valence-electron chi connectivity index (χ3n) is 2.68. The molecule has 1 heterocycles. The quantitative estimate of drug-likeness (QED) is 0.876. The summed E-state index contributed by atoms with van der Waals surface area (Å²) in [5, 5.41) is 3.42. The molecule has 0 aliphatic rings. The Morgan fingerprint density at radius 2 is 2.06 bits per heavy atom. The zero-order valence-electron chi connectivity index (χ0n) is 9.66. The third kappa shape index (κ3) is 2.90. The first-order valence-corrected chi connectivity index (χ1v) is 6.28. The van der Waals surface area contributed by atoms with Crippen molar-refractivity contribution in [3.63, 3.8) is 0 Å². The van der Waals surface area contributed by atoms with Gasteiger partial charge in [-0.15, -0.1) is 11.3 Å². The van der Waals surface area contributed by atoms with Gasteiger partial charge in [0.25, 0.3) is 0 Å². The summed E-state index contributed by atoms with van der Waals surface area (Å²) in [5.41, 5.74) is 5.92. The molecule has 0 aliphatic carbocycles. The van der Waals surface area contributed by atoms with Crippen molar-refractivity contribution in [2.75, 3.05) is 0 Å². The second-order valence-electron chi connectivity index (χ2n) is 3.99.